The summed E-state index contributed by atoms with van der Waals surface area (Å²) in [5, 5.41) is 2.61. The minimum absolute atomic E-state index is 0.0540. The van der Waals surface area contributed by atoms with Crippen LogP contribution in [0.25, 0.3) is 0 Å². The van der Waals surface area contributed by atoms with Gasteiger partial charge in [-0.3, -0.25) is 4.79 Å². The first-order chi connectivity index (χ1) is 6.80. The van der Waals surface area contributed by atoms with Crippen LogP contribution in [0.1, 0.15) is 6.92 Å². The van der Waals surface area contributed by atoms with Crippen LogP contribution in [0, 0.1) is 0 Å². The van der Waals surface area contributed by atoms with Crippen LogP contribution < -0.4 is 5.32 Å². The van der Waals surface area contributed by atoms with Gasteiger partial charge in [0.25, 0.3) is 0 Å². The van der Waals surface area contributed by atoms with Gasteiger partial charge in [-0.15, -0.1) is 0 Å². The topological polar surface area (TPSA) is 63.2 Å². The number of benzene rings is 1. The van der Waals surface area contributed by atoms with E-state index in [0.29, 0.717) is 5.69 Å². The molecule has 1 amide bonds. The number of carbonyl (C=O) groups excluding carboxylic acids is 1. The van der Waals surface area contributed by atoms with Gasteiger partial charge in [0.05, 0.1) is 9.92 Å². The van der Waals surface area contributed by atoms with E-state index in [4.69, 9.17) is 11.6 Å². The number of halogens is 1. The van der Waals surface area contributed by atoms with Crippen molar-refractivity contribution >= 4 is 33.0 Å². The largest absolute Gasteiger partial charge is 0.326 e. The molecular weight excluding hydrogens is 238 g/mol. The Bertz CT molecular complexity index is 496. The first kappa shape index (κ1) is 12.0. The van der Waals surface area contributed by atoms with E-state index in [9.17, 15) is 13.2 Å². The third-order valence-corrected chi connectivity index (χ3v) is 3.23. The summed E-state index contributed by atoms with van der Waals surface area (Å²) in [5.74, 6) is -0.238. The molecule has 6 heteroatoms. The third kappa shape index (κ3) is 3.21. The minimum atomic E-state index is -3.32. The van der Waals surface area contributed by atoms with E-state index < -0.39 is 9.84 Å². The number of amides is 1. The number of hydrogen-bond acceptors (Lipinski definition) is 3. The van der Waals surface area contributed by atoms with Crippen molar-refractivity contribution in [2.24, 2.45) is 0 Å². The first-order valence-electron chi connectivity index (χ1n) is 4.08. The molecule has 0 fully saturated rings. The molecule has 0 spiro atoms. The summed E-state index contributed by atoms with van der Waals surface area (Å²) in [7, 11) is -3.32. The first-order valence-corrected chi connectivity index (χ1v) is 6.35. The van der Waals surface area contributed by atoms with Crippen LogP contribution in [-0.2, 0) is 14.6 Å². The van der Waals surface area contributed by atoms with E-state index in [2.05, 4.69) is 5.32 Å². The maximum atomic E-state index is 11.2. The molecule has 0 saturated heterocycles. The smallest absolute Gasteiger partial charge is 0.221 e. The molecule has 15 heavy (non-hydrogen) atoms. The fourth-order valence-corrected chi connectivity index (χ4v) is 2.41. The number of sulfone groups is 1. The number of carbonyl (C=O) groups is 1. The van der Waals surface area contributed by atoms with Crippen molar-refractivity contribution in [3.63, 3.8) is 0 Å². The van der Waals surface area contributed by atoms with Gasteiger partial charge in [-0.2, -0.15) is 0 Å². The molecule has 0 aliphatic carbocycles. The van der Waals surface area contributed by atoms with Crippen molar-refractivity contribution in [2.45, 2.75) is 11.8 Å². The van der Waals surface area contributed by atoms with Crippen molar-refractivity contribution in [1.82, 2.24) is 0 Å². The molecule has 0 aliphatic heterocycles. The maximum absolute atomic E-state index is 11.2. The van der Waals surface area contributed by atoms with Crippen LogP contribution in [0.4, 0.5) is 5.69 Å². The van der Waals surface area contributed by atoms with Crippen molar-refractivity contribution in [2.75, 3.05) is 11.6 Å². The highest BCUT2D eigenvalue weighted by Crippen LogP contribution is 2.24. The minimum Gasteiger partial charge on any atom is -0.326 e. The van der Waals surface area contributed by atoms with Crippen molar-refractivity contribution < 1.29 is 13.2 Å². The van der Waals surface area contributed by atoms with Gasteiger partial charge in [0.15, 0.2) is 9.84 Å². The summed E-state index contributed by atoms with van der Waals surface area (Å²) in [6.45, 7) is 1.36. The summed E-state index contributed by atoms with van der Waals surface area (Å²) in [6, 6.07) is 4.26. The van der Waals surface area contributed by atoms with E-state index >= 15 is 0 Å². The summed E-state index contributed by atoms with van der Waals surface area (Å²) in [4.78, 5) is 10.8. The van der Waals surface area contributed by atoms with E-state index in [1.165, 1.54) is 25.1 Å². The Balaban J connectivity index is 3.15. The van der Waals surface area contributed by atoms with E-state index in [0.717, 1.165) is 6.26 Å². The van der Waals surface area contributed by atoms with Gasteiger partial charge in [0.1, 0.15) is 0 Å². The van der Waals surface area contributed by atoms with Crippen LogP contribution in [0.15, 0.2) is 23.1 Å². The van der Waals surface area contributed by atoms with Crippen LogP contribution in [0.5, 0.6) is 0 Å². The standard InChI is InChI=1S/C9H10ClNO3S/c1-6(12)11-7-3-4-9(8(10)5-7)15(2,13)14/h3-5H,1-2H3,(H,11,12). The zero-order valence-electron chi connectivity index (χ0n) is 8.24. The molecule has 0 heterocycles. The zero-order valence-corrected chi connectivity index (χ0v) is 9.82. The van der Waals surface area contributed by atoms with Gasteiger partial charge < -0.3 is 5.32 Å². The van der Waals surface area contributed by atoms with Crippen LogP contribution in [-0.4, -0.2) is 20.6 Å². The van der Waals surface area contributed by atoms with E-state index in [-0.39, 0.29) is 15.8 Å². The Kier molecular flexibility index (Phi) is 3.36. The summed E-state index contributed by atoms with van der Waals surface area (Å²) >= 11 is 5.77. The second-order valence-corrected chi connectivity index (χ2v) is 5.49. The van der Waals surface area contributed by atoms with E-state index in [1.807, 2.05) is 0 Å². The molecule has 0 aliphatic rings. The Hall–Kier alpha value is -1.07. The molecule has 4 nitrogen and oxygen atoms in total. The van der Waals surface area contributed by atoms with Crippen molar-refractivity contribution in [3.8, 4) is 0 Å². The van der Waals surface area contributed by atoms with Crippen molar-refractivity contribution in [3.05, 3.63) is 23.2 Å². The van der Waals surface area contributed by atoms with Crippen LogP contribution in [0.2, 0.25) is 5.02 Å². The second-order valence-electron chi connectivity index (χ2n) is 3.10. The highest BCUT2D eigenvalue weighted by Gasteiger charge is 2.12. The fourth-order valence-electron chi connectivity index (χ4n) is 1.08. The number of rotatable bonds is 2. The molecule has 1 rings (SSSR count). The number of anilines is 1. The lowest BCUT2D eigenvalue weighted by molar-refractivity contribution is -0.114. The zero-order chi connectivity index (χ0) is 11.6. The molecule has 0 bridgehead atoms. The maximum Gasteiger partial charge on any atom is 0.221 e. The van der Waals surface area contributed by atoms with E-state index in [1.54, 1.807) is 0 Å². The van der Waals surface area contributed by atoms with Gasteiger partial charge >= 0.3 is 0 Å². The van der Waals surface area contributed by atoms with Gasteiger partial charge in [-0.05, 0) is 18.2 Å². The van der Waals surface area contributed by atoms with Gasteiger partial charge in [0, 0.05) is 18.9 Å². The van der Waals surface area contributed by atoms with Gasteiger partial charge in [-0.25, -0.2) is 8.42 Å². The molecule has 1 aromatic carbocycles. The normalized spacial score (nSPS) is 11.1. The Morgan fingerprint density at radius 3 is 2.40 bits per heavy atom. The molecule has 0 unspecified atom stereocenters. The average Bonchev–Trinajstić information content (AvgIpc) is 1.99. The SMILES string of the molecule is CC(=O)Nc1ccc(S(C)(=O)=O)c(Cl)c1. The third-order valence-electron chi connectivity index (χ3n) is 1.65. The molecule has 1 N–H and O–H groups in total. The Morgan fingerprint density at radius 2 is 2.00 bits per heavy atom. The number of hydrogen-bond donors (Lipinski definition) is 1. The molecule has 0 saturated carbocycles. The quantitative estimate of drug-likeness (QED) is 0.865. The molecule has 1 aromatic rings. The second kappa shape index (κ2) is 4.20. The Morgan fingerprint density at radius 1 is 1.40 bits per heavy atom. The molecule has 0 radical (unpaired) electrons. The number of nitrogens with one attached hydrogen (secondary N) is 1. The van der Waals surface area contributed by atoms with Crippen LogP contribution >= 0.6 is 11.6 Å². The highest BCUT2D eigenvalue weighted by atomic mass is 35.5. The predicted molar refractivity (Wildman–Crippen MR) is 58.9 cm³/mol. The lowest BCUT2D eigenvalue weighted by Crippen LogP contribution is -2.06. The summed E-state index contributed by atoms with van der Waals surface area (Å²) < 4.78 is 22.4. The molecule has 0 aromatic heterocycles. The Labute approximate surface area is 93.2 Å². The average molecular weight is 248 g/mol. The molecule has 82 valence electrons. The fraction of sp³-hybridized carbons (Fsp3) is 0.222. The molecular formula is C9H10ClNO3S. The monoisotopic (exact) mass is 247 g/mol. The summed E-state index contributed by atoms with van der Waals surface area (Å²) in [5.41, 5.74) is 0.472. The van der Waals surface area contributed by atoms with Gasteiger partial charge in [-0.1, -0.05) is 11.6 Å². The predicted octanol–water partition coefficient (Wildman–Crippen LogP) is 1.70. The summed E-state index contributed by atoms with van der Waals surface area (Å²) in [6.07, 6.45) is 1.08. The lowest BCUT2D eigenvalue weighted by Gasteiger charge is -2.05. The molecule has 0 atom stereocenters. The van der Waals surface area contributed by atoms with Crippen LogP contribution in [0.3, 0.4) is 0 Å². The van der Waals surface area contributed by atoms with Gasteiger partial charge in [0.2, 0.25) is 5.91 Å². The van der Waals surface area contributed by atoms with Crippen molar-refractivity contribution in [1.29, 1.82) is 0 Å². The highest BCUT2D eigenvalue weighted by molar-refractivity contribution is 7.90. The lowest BCUT2D eigenvalue weighted by atomic mass is 10.3.